The van der Waals surface area contributed by atoms with Crippen LogP contribution in [0, 0.1) is 5.82 Å². The Morgan fingerprint density at radius 1 is 1.22 bits per heavy atom. The second-order valence-electron chi connectivity index (χ2n) is 7.53. The molecule has 5 rings (SSSR count). The lowest BCUT2D eigenvalue weighted by Crippen LogP contribution is -2.62. The van der Waals surface area contributed by atoms with Gasteiger partial charge in [0.1, 0.15) is 29.9 Å². The third-order valence-electron chi connectivity index (χ3n) is 5.67. The van der Waals surface area contributed by atoms with Gasteiger partial charge in [-0.05, 0) is 43.5 Å². The number of aliphatic imine (C=N–C) groups is 1. The zero-order valence-corrected chi connectivity index (χ0v) is 14.9. The topological polar surface area (TPSA) is 79.0 Å². The molecule has 3 unspecified atom stereocenters. The summed E-state index contributed by atoms with van der Waals surface area (Å²) in [6.45, 7) is 2.99. The van der Waals surface area contributed by atoms with Gasteiger partial charge in [0.15, 0.2) is 5.54 Å². The van der Waals surface area contributed by atoms with E-state index >= 15 is 0 Å². The SMILES string of the molecule is CC12CCCOC1C1(COC(N)=N1)c1cc(-c3cncc(F)c3)ccc1O2. The van der Waals surface area contributed by atoms with Crippen LogP contribution in [-0.2, 0) is 15.0 Å². The van der Waals surface area contributed by atoms with Gasteiger partial charge in [0.25, 0.3) is 6.02 Å². The van der Waals surface area contributed by atoms with E-state index in [1.165, 1.54) is 12.3 Å². The van der Waals surface area contributed by atoms with Gasteiger partial charge in [-0.1, -0.05) is 6.07 Å². The van der Waals surface area contributed by atoms with Crippen LogP contribution in [0.2, 0.25) is 0 Å². The van der Waals surface area contributed by atoms with Crippen LogP contribution < -0.4 is 10.5 Å². The second kappa shape index (κ2) is 5.66. The monoisotopic (exact) mass is 369 g/mol. The van der Waals surface area contributed by atoms with Crippen LogP contribution in [0.25, 0.3) is 11.1 Å². The molecule has 0 aliphatic carbocycles. The normalized spacial score (nSPS) is 31.5. The molecule has 1 fully saturated rings. The summed E-state index contributed by atoms with van der Waals surface area (Å²) >= 11 is 0. The molecule has 1 spiro atoms. The Balaban J connectivity index is 1.70. The number of halogens is 1. The average molecular weight is 369 g/mol. The molecule has 1 saturated heterocycles. The van der Waals surface area contributed by atoms with E-state index in [1.54, 1.807) is 6.20 Å². The molecule has 1 aromatic heterocycles. The van der Waals surface area contributed by atoms with Crippen molar-refractivity contribution in [2.45, 2.75) is 37.0 Å². The summed E-state index contributed by atoms with van der Waals surface area (Å²) in [5.41, 5.74) is 6.97. The number of ether oxygens (including phenoxy) is 3. The first kappa shape index (κ1) is 16.5. The largest absolute Gasteiger partial charge is 0.484 e. The Kier molecular flexibility index (Phi) is 3.46. The third kappa shape index (κ3) is 2.41. The lowest BCUT2D eigenvalue weighted by molar-refractivity contribution is -0.167. The standard InChI is InChI=1S/C20H20FN3O3/c1-19-5-2-6-25-17(19)20(11-26-18(22)24-20)15-8-12(3-4-16(15)27-19)13-7-14(21)10-23-9-13/h3-4,7-10,17H,2,5-6,11H2,1H3,(H2,22,24). The lowest BCUT2D eigenvalue weighted by Gasteiger charge is -2.51. The van der Waals surface area contributed by atoms with E-state index in [4.69, 9.17) is 19.9 Å². The quantitative estimate of drug-likeness (QED) is 0.836. The van der Waals surface area contributed by atoms with Gasteiger partial charge < -0.3 is 19.9 Å². The Morgan fingerprint density at radius 2 is 2.11 bits per heavy atom. The molecule has 2 N–H and O–H groups in total. The van der Waals surface area contributed by atoms with Gasteiger partial charge >= 0.3 is 0 Å². The number of pyridine rings is 1. The summed E-state index contributed by atoms with van der Waals surface area (Å²) < 4.78 is 31.8. The molecule has 0 radical (unpaired) electrons. The Morgan fingerprint density at radius 3 is 2.89 bits per heavy atom. The highest BCUT2D eigenvalue weighted by Gasteiger charge is 2.60. The van der Waals surface area contributed by atoms with E-state index < -0.39 is 11.1 Å². The first-order valence-electron chi connectivity index (χ1n) is 9.04. The molecule has 4 heterocycles. The van der Waals surface area contributed by atoms with Crippen molar-refractivity contribution in [2.24, 2.45) is 10.7 Å². The summed E-state index contributed by atoms with van der Waals surface area (Å²) in [7, 11) is 0. The summed E-state index contributed by atoms with van der Waals surface area (Å²) in [6, 6.07) is 7.36. The van der Waals surface area contributed by atoms with E-state index in [9.17, 15) is 4.39 Å². The predicted molar refractivity (Wildman–Crippen MR) is 96.9 cm³/mol. The van der Waals surface area contributed by atoms with Gasteiger partial charge in [-0.15, -0.1) is 0 Å². The van der Waals surface area contributed by atoms with Crippen molar-refractivity contribution in [3.8, 4) is 16.9 Å². The minimum absolute atomic E-state index is 0.150. The van der Waals surface area contributed by atoms with E-state index in [0.29, 0.717) is 18.8 Å². The molecular formula is C20H20FN3O3. The number of nitrogens with two attached hydrogens (primary N) is 1. The predicted octanol–water partition coefficient (Wildman–Crippen LogP) is 2.76. The number of nitrogens with zero attached hydrogens (tertiary/aromatic N) is 2. The van der Waals surface area contributed by atoms with Crippen LogP contribution >= 0.6 is 0 Å². The maximum atomic E-state index is 13.6. The van der Waals surface area contributed by atoms with E-state index in [1.807, 2.05) is 18.2 Å². The van der Waals surface area contributed by atoms with Gasteiger partial charge in [-0.3, -0.25) is 4.98 Å². The molecular weight excluding hydrogens is 349 g/mol. The van der Waals surface area contributed by atoms with Crippen molar-refractivity contribution in [3.63, 3.8) is 0 Å². The second-order valence-corrected chi connectivity index (χ2v) is 7.53. The summed E-state index contributed by atoms with van der Waals surface area (Å²) in [5, 5.41) is 0. The van der Waals surface area contributed by atoms with E-state index in [2.05, 4.69) is 16.9 Å². The van der Waals surface area contributed by atoms with Gasteiger partial charge in [0, 0.05) is 23.9 Å². The van der Waals surface area contributed by atoms with Crippen molar-refractivity contribution in [3.05, 3.63) is 48.0 Å². The van der Waals surface area contributed by atoms with Gasteiger partial charge in [0.05, 0.1) is 6.20 Å². The minimum atomic E-state index is -0.774. The van der Waals surface area contributed by atoms with Gasteiger partial charge in [-0.25, -0.2) is 9.38 Å². The van der Waals surface area contributed by atoms with Gasteiger partial charge in [-0.2, -0.15) is 0 Å². The highest BCUT2D eigenvalue weighted by Crippen LogP contribution is 2.52. The van der Waals surface area contributed by atoms with Crippen molar-refractivity contribution < 1.29 is 18.6 Å². The first-order chi connectivity index (χ1) is 13.0. The smallest absolute Gasteiger partial charge is 0.283 e. The molecule has 3 atom stereocenters. The van der Waals surface area contributed by atoms with Gasteiger partial charge in [0.2, 0.25) is 0 Å². The number of rotatable bonds is 1. The Labute approximate surface area is 156 Å². The van der Waals surface area contributed by atoms with Crippen molar-refractivity contribution >= 4 is 6.02 Å². The molecule has 3 aliphatic rings. The fourth-order valence-corrected chi connectivity index (χ4v) is 4.50. The van der Waals surface area contributed by atoms with Crippen molar-refractivity contribution in [1.29, 1.82) is 0 Å². The van der Waals surface area contributed by atoms with Crippen LogP contribution in [0.5, 0.6) is 5.75 Å². The van der Waals surface area contributed by atoms with E-state index in [0.717, 1.165) is 29.7 Å². The molecule has 0 bridgehead atoms. The van der Waals surface area contributed by atoms with Crippen LogP contribution in [0.1, 0.15) is 25.3 Å². The summed E-state index contributed by atoms with van der Waals surface area (Å²) in [5.74, 6) is 0.347. The molecule has 27 heavy (non-hydrogen) atoms. The zero-order chi connectivity index (χ0) is 18.6. The zero-order valence-electron chi connectivity index (χ0n) is 14.9. The summed E-state index contributed by atoms with van der Waals surface area (Å²) in [4.78, 5) is 8.63. The highest BCUT2D eigenvalue weighted by atomic mass is 19.1. The fraction of sp³-hybridized carbons (Fsp3) is 0.400. The third-order valence-corrected chi connectivity index (χ3v) is 5.67. The van der Waals surface area contributed by atoms with Crippen molar-refractivity contribution in [2.75, 3.05) is 13.2 Å². The molecule has 0 saturated carbocycles. The Bertz CT molecular complexity index is 950. The number of hydrogen-bond acceptors (Lipinski definition) is 6. The lowest BCUT2D eigenvalue weighted by atomic mass is 9.72. The first-order valence-corrected chi connectivity index (χ1v) is 9.04. The number of fused-ring (bicyclic) bond motifs is 4. The molecule has 2 aromatic rings. The van der Waals surface area contributed by atoms with E-state index in [-0.39, 0.29) is 17.9 Å². The number of hydrogen-bond donors (Lipinski definition) is 1. The summed E-state index contributed by atoms with van der Waals surface area (Å²) in [6.07, 6.45) is 4.29. The van der Waals surface area contributed by atoms with Crippen LogP contribution in [-0.4, -0.2) is 35.9 Å². The Hall–Kier alpha value is -2.67. The average Bonchev–Trinajstić information content (AvgIpc) is 3.04. The number of benzene rings is 1. The molecule has 7 heteroatoms. The van der Waals surface area contributed by atoms with Crippen LogP contribution in [0.3, 0.4) is 0 Å². The molecule has 1 aromatic carbocycles. The number of aromatic nitrogens is 1. The van der Waals surface area contributed by atoms with Crippen LogP contribution in [0.4, 0.5) is 4.39 Å². The molecule has 3 aliphatic heterocycles. The molecule has 0 amide bonds. The maximum Gasteiger partial charge on any atom is 0.283 e. The minimum Gasteiger partial charge on any atom is -0.484 e. The fourth-order valence-electron chi connectivity index (χ4n) is 4.50. The molecule has 6 nitrogen and oxygen atoms in total. The maximum absolute atomic E-state index is 13.6. The number of amidine groups is 1. The van der Waals surface area contributed by atoms with Crippen LogP contribution in [0.15, 0.2) is 41.7 Å². The highest BCUT2D eigenvalue weighted by molar-refractivity contribution is 5.75. The molecule has 140 valence electrons. The van der Waals surface area contributed by atoms with Crippen molar-refractivity contribution in [1.82, 2.24) is 4.98 Å².